The SMILES string of the molecule is O=C(O)Nc1cc2cn(CC(=O)N3CCOCC3)nc2cc1OCc1ccccc1. The van der Waals surface area contributed by atoms with Crippen LogP contribution in [0.25, 0.3) is 10.9 Å². The molecule has 2 N–H and O–H groups in total. The van der Waals surface area contributed by atoms with Gasteiger partial charge in [-0.05, 0) is 11.6 Å². The molecule has 4 rings (SSSR count). The van der Waals surface area contributed by atoms with Crippen molar-refractivity contribution < 1.29 is 24.2 Å². The average molecular weight is 410 g/mol. The molecule has 1 saturated heterocycles. The molecule has 0 saturated carbocycles. The summed E-state index contributed by atoms with van der Waals surface area (Å²) in [6.07, 6.45) is 0.538. The number of amides is 2. The van der Waals surface area contributed by atoms with Gasteiger partial charge in [0.25, 0.3) is 0 Å². The summed E-state index contributed by atoms with van der Waals surface area (Å²) in [4.78, 5) is 25.4. The molecule has 1 aliphatic rings. The van der Waals surface area contributed by atoms with Crippen LogP contribution in [0.4, 0.5) is 10.5 Å². The van der Waals surface area contributed by atoms with Crippen LogP contribution in [0.1, 0.15) is 5.56 Å². The molecule has 0 radical (unpaired) electrons. The Balaban J connectivity index is 1.55. The van der Waals surface area contributed by atoms with Gasteiger partial charge in [0.2, 0.25) is 5.91 Å². The summed E-state index contributed by atoms with van der Waals surface area (Å²) in [6.45, 7) is 2.62. The number of carboxylic acid groups (broad SMARTS) is 1. The molecule has 0 bridgehead atoms. The standard InChI is InChI=1S/C21H22N4O5/c26-20(24-6-8-29-9-7-24)13-25-12-16-10-18(22-21(27)28)19(11-17(16)23-25)30-14-15-4-2-1-3-5-15/h1-5,10-12,22H,6-9,13-14H2,(H,27,28). The monoisotopic (exact) mass is 410 g/mol. The maximum absolute atomic E-state index is 12.5. The van der Waals surface area contributed by atoms with Crippen LogP contribution in [-0.4, -0.2) is 58.1 Å². The molecule has 0 aliphatic carbocycles. The van der Waals surface area contributed by atoms with E-state index in [1.54, 1.807) is 27.9 Å². The molecule has 1 aliphatic heterocycles. The van der Waals surface area contributed by atoms with Crippen molar-refractivity contribution in [2.24, 2.45) is 0 Å². The van der Waals surface area contributed by atoms with Gasteiger partial charge >= 0.3 is 6.09 Å². The van der Waals surface area contributed by atoms with Gasteiger partial charge in [-0.1, -0.05) is 30.3 Å². The fraction of sp³-hybridized carbons (Fsp3) is 0.286. The summed E-state index contributed by atoms with van der Waals surface area (Å²) in [5.74, 6) is 0.342. The lowest BCUT2D eigenvalue weighted by Gasteiger charge is -2.26. The molecule has 9 nitrogen and oxygen atoms in total. The molecule has 0 atom stereocenters. The third kappa shape index (κ3) is 4.69. The first kappa shape index (κ1) is 19.7. The van der Waals surface area contributed by atoms with Crippen molar-refractivity contribution in [3.8, 4) is 5.75 Å². The Hall–Kier alpha value is -3.59. The van der Waals surface area contributed by atoms with Crippen molar-refractivity contribution >= 4 is 28.6 Å². The van der Waals surface area contributed by atoms with Gasteiger partial charge in [-0.25, -0.2) is 4.79 Å². The zero-order valence-electron chi connectivity index (χ0n) is 16.3. The van der Waals surface area contributed by atoms with E-state index in [1.807, 2.05) is 30.3 Å². The van der Waals surface area contributed by atoms with Crippen LogP contribution in [0, 0.1) is 0 Å². The van der Waals surface area contributed by atoms with Gasteiger partial charge in [0.15, 0.2) is 0 Å². The van der Waals surface area contributed by atoms with E-state index < -0.39 is 6.09 Å². The van der Waals surface area contributed by atoms with Crippen LogP contribution in [0.5, 0.6) is 5.75 Å². The van der Waals surface area contributed by atoms with Crippen LogP contribution in [0.3, 0.4) is 0 Å². The minimum atomic E-state index is -1.19. The van der Waals surface area contributed by atoms with Crippen LogP contribution < -0.4 is 10.1 Å². The Morgan fingerprint density at radius 3 is 2.67 bits per heavy atom. The molecule has 156 valence electrons. The highest BCUT2D eigenvalue weighted by Crippen LogP contribution is 2.31. The highest BCUT2D eigenvalue weighted by Gasteiger charge is 2.18. The summed E-state index contributed by atoms with van der Waals surface area (Å²) in [5, 5.41) is 16.7. The van der Waals surface area contributed by atoms with Crippen molar-refractivity contribution in [2.45, 2.75) is 13.2 Å². The van der Waals surface area contributed by atoms with E-state index in [2.05, 4.69) is 10.4 Å². The highest BCUT2D eigenvalue weighted by atomic mass is 16.5. The second kappa shape index (κ2) is 8.83. The summed E-state index contributed by atoms with van der Waals surface area (Å²) in [7, 11) is 0. The molecular weight excluding hydrogens is 388 g/mol. The maximum atomic E-state index is 12.5. The lowest BCUT2D eigenvalue weighted by atomic mass is 10.2. The van der Waals surface area contributed by atoms with Gasteiger partial charge in [-0.3, -0.25) is 14.8 Å². The van der Waals surface area contributed by atoms with Gasteiger partial charge in [0.1, 0.15) is 18.9 Å². The molecule has 1 aromatic heterocycles. The van der Waals surface area contributed by atoms with Crippen LogP contribution >= 0.6 is 0 Å². The fourth-order valence-electron chi connectivity index (χ4n) is 3.30. The second-order valence-corrected chi connectivity index (χ2v) is 6.93. The molecular formula is C21H22N4O5. The lowest BCUT2D eigenvalue weighted by molar-refractivity contribution is -0.136. The van der Waals surface area contributed by atoms with E-state index in [9.17, 15) is 9.59 Å². The molecule has 2 aromatic carbocycles. The van der Waals surface area contributed by atoms with E-state index in [0.29, 0.717) is 48.6 Å². The number of hydrogen-bond acceptors (Lipinski definition) is 5. The van der Waals surface area contributed by atoms with E-state index in [1.165, 1.54) is 0 Å². The summed E-state index contributed by atoms with van der Waals surface area (Å²) >= 11 is 0. The largest absolute Gasteiger partial charge is 0.487 e. The molecule has 3 aromatic rings. The fourth-order valence-corrected chi connectivity index (χ4v) is 3.30. The molecule has 0 unspecified atom stereocenters. The number of nitrogens with zero attached hydrogens (tertiary/aromatic N) is 3. The second-order valence-electron chi connectivity index (χ2n) is 6.93. The average Bonchev–Trinajstić information content (AvgIpc) is 3.14. The van der Waals surface area contributed by atoms with Crippen molar-refractivity contribution in [3.05, 3.63) is 54.2 Å². The van der Waals surface area contributed by atoms with Crippen molar-refractivity contribution in [3.63, 3.8) is 0 Å². The van der Waals surface area contributed by atoms with Crippen molar-refractivity contribution in [2.75, 3.05) is 31.6 Å². The van der Waals surface area contributed by atoms with Crippen molar-refractivity contribution in [1.29, 1.82) is 0 Å². The number of anilines is 1. The number of fused-ring (bicyclic) bond motifs is 1. The topological polar surface area (TPSA) is 106 Å². The lowest BCUT2D eigenvalue weighted by Crippen LogP contribution is -2.42. The Bertz CT molecular complexity index is 1040. The predicted octanol–water partition coefficient (Wildman–Crippen LogP) is 2.56. The van der Waals surface area contributed by atoms with Gasteiger partial charge in [-0.2, -0.15) is 5.10 Å². The first-order chi connectivity index (χ1) is 14.6. The van der Waals surface area contributed by atoms with Gasteiger partial charge in [0, 0.05) is 30.7 Å². The zero-order chi connectivity index (χ0) is 20.9. The molecule has 1 fully saturated rings. The van der Waals surface area contributed by atoms with E-state index in [4.69, 9.17) is 14.6 Å². The Labute approximate surface area is 172 Å². The Morgan fingerprint density at radius 2 is 1.93 bits per heavy atom. The number of ether oxygens (including phenoxy) is 2. The van der Waals surface area contributed by atoms with Crippen LogP contribution in [0.15, 0.2) is 48.7 Å². The van der Waals surface area contributed by atoms with Gasteiger partial charge < -0.3 is 19.5 Å². The highest BCUT2D eigenvalue weighted by molar-refractivity contribution is 5.92. The predicted molar refractivity (Wildman–Crippen MR) is 110 cm³/mol. The van der Waals surface area contributed by atoms with Crippen molar-refractivity contribution in [1.82, 2.24) is 14.7 Å². The number of nitrogens with one attached hydrogen (secondary N) is 1. The normalized spacial score (nSPS) is 13.9. The smallest absolute Gasteiger partial charge is 0.409 e. The minimum Gasteiger partial charge on any atom is -0.487 e. The first-order valence-corrected chi connectivity index (χ1v) is 9.62. The zero-order valence-corrected chi connectivity index (χ0v) is 16.3. The molecule has 2 heterocycles. The van der Waals surface area contributed by atoms with Gasteiger partial charge in [-0.15, -0.1) is 0 Å². The third-order valence-electron chi connectivity index (χ3n) is 4.79. The third-order valence-corrected chi connectivity index (χ3v) is 4.79. The molecule has 30 heavy (non-hydrogen) atoms. The quantitative estimate of drug-likeness (QED) is 0.647. The van der Waals surface area contributed by atoms with E-state index >= 15 is 0 Å². The summed E-state index contributed by atoms with van der Waals surface area (Å²) in [5.41, 5.74) is 1.90. The number of benzene rings is 2. The maximum Gasteiger partial charge on any atom is 0.409 e. The Kier molecular flexibility index (Phi) is 5.80. The number of hydrogen-bond donors (Lipinski definition) is 2. The number of carbonyl (C=O) groups is 2. The molecule has 2 amide bonds. The number of rotatable bonds is 6. The Morgan fingerprint density at radius 1 is 1.17 bits per heavy atom. The molecule has 9 heteroatoms. The van der Waals surface area contributed by atoms with E-state index in [-0.39, 0.29) is 19.1 Å². The van der Waals surface area contributed by atoms with Crippen LogP contribution in [0.2, 0.25) is 0 Å². The van der Waals surface area contributed by atoms with E-state index in [0.717, 1.165) is 5.56 Å². The number of carbonyl (C=O) groups excluding carboxylic acids is 1. The first-order valence-electron chi connectivity index (χ1n) is 9.62. The summed E-state index contributed by atoms with van der Waals surface area (Å²) < 4.78 is 12.7. The molecule has 0 spiro atoms. The number of aromatic nitrogens is 2. The van der Waals surface area contributed by atoms with Gasteiger partial charge in [0.05, 0.1) is 24.4 Å². The minimum absolute atomic E-state index is 0.0319. The number of morpholine rings is 1. The van der Waals surface area contributed by atoms with Crippen LogP contribution in [-0.2, 0) is 22.7 Å². The summed E-state index contributed by atoms with van der Waals surface area (Å²) in [6, 6.07) is 12.9.